The summed E-state index contributed by atoms with van der Waals surface area (Å²) in [5.41, 5.74) is 2.15. The maximum atomic E-state index is 12.3. The van der Waals surface area contributed by atoms with Crippen LogP contribution in [0.5, 0.6) is 0 Å². The average Bonchev–Trinajstić information content (AvgIpc) is 3.18. The van der Waals surface area contributed by atoms with Crippen LogP contribution in [-0.2, 0) is 6.54 Å². The van der Waals surface area contributed by atoms with Gasteiger partial charge in [-0.3, -0.25) is 0 Å². The van der Waals surface area contributed by atoms with Crippen molar-refractivity contribution < 1.29 is 9.21 Å². The number of carbonyl (C=O) groups excluding carboxylic acids is 1. The third-order valence-corrected chi connectivity index (χ3v) is 4.54. The van der Waals surface area contributed by atoms with E-state index in [9.17, 15) is 4.79 Å². The van der Waals surface area contributed by atoms with E-state index in [0.29, 0.717) is 29.6 Å². The number of amides is 2. The summed E-state index contributed by atoms with van der Waals surface area (Å²) in [4.78, 5) is 22.5. The molecule has 0 spiro atoms. The van der Waals surface area contributed by atoms with Crippen molar-refractivity contribution in [3.05, 3.63) is 36.4 Å². The first-order chi connectivity index (χ1) is 12.1. The molecule has 2 amide bonds. The minimum Gasteiger partial charge on any atom is -0.431 e. The molecule has 0 atom stereocenters. The molecule has 0 aliphatic carbocycles. The summed E-state index contributed by atoms with van der Waals surface area (Å²) in [6, 6.07) is 5.31. The number of nitrogens with one attached hydrogen (secondary N) is 1. The third kappa shape index (κ3) is 4.14. The fraction of sp³-hybridized carbons (Fsp3) is 0.353. The molecule has 132 valence electrons. The summed E-state index contributed by atoms with van der Waals surface area (Å²) in [7, 11) is 1.77. The minimum atomic E-state index is -0.167. The summed E-state index contributed by atoms with van der Waals surface area (Å²) >= 11 is 1.55. The van der Waals surface area contributed by atoms with Gasteiger partial charge >= 0.3 is 6.03 Å². The van der Waals surface area contributed by atoms with E-state index in [4.69, 9.17) is 4.42 Å². The molecule has 2 heterocycles. The summed E-state index contributed by atoms with van der Waals surface area (Å²) in [5.74, 6) is 1.84. The van der Waals surface area contributed by atoms with Gasteiger partial charge in [-0.1, -0.05) is 18.7 Å². The van der Waals surface area contributed by atoms with Gasteiger partial charge in [-0.25, -0.2) is 14.8 Å². The van der Waals surface area contributed by atoms with Crippen LogP contribution in [-0.4, -0.2) is 44.8 Å². The second-order valence-corrected chi connectivity index (χ2v) is 6.83. The zero-order chi connectivity index (χ0) is 17.8. The van der Waals surface area contributed by atoms with Crippen LogP contribution in [0.1, 0.15) is 12.7 Å². The number of aromatic nitrogens is 3. The number of thioether (sulfide) groups is 1. The van der Waals surface area contributed by atoms with Gasteiger partial charge in [-0.2, -0.15) is 0 Å². The van der Waals surface area contributed by atoms with E-state index >= 15 is 0 Å². The fourth-order valence-electron chi connectivity index (χ4n) is 2.38. The molecule has 7 nitrogen and oxygen atoms in total. The van der Waals surface area contributed by atoms with Gasteiger partial charge in [-0.15, -0.1) is 0 Å². The van der Waals surface area contributed by atoms with Crippen LogP contribution >= 0.6 is 11.8 Å². The minimum absolute atomic E-state index is 0.167. The Balaban J connectivity index is 1.61. The third-order valence-electron chi connectivity index (χ3n) is 3.83. The van der Waals surface area contributed by atoms with Gasteiger partial charge in [0.2, 0.25) is 0 Å². The zero-order valence-corrected chi connectivity index (χ0v) is 15.3. The molecule has 3 aromatic rings. The molecule has 0 saturated carbocycles. The lowest BCUT2D eigenvalue weighted by molar-refractivity contribution is 0.220. The van der Waals surface area contributed by atoms with Crippen molar-refractivity contribution in [1.82, 2.24) is 19.4 Å². The molecular formula is C17H21N5O2S. The highest BCUT2D eigenvalue weighted by Crippen LogP contribution is 2.25. The molecule has 0 aliphatic heterocycles. The number of anilines is 1. The van der Waals surface area contributed by atoms with E-state index in [2.05, 4.69) is 15.3 Å². The quantitative estimate of drug-likeness (QED) is 0.681. The lowest BCUT2D eigenvalue weighted by Crippen LogP contribution is -2.33. The van der Waals surface area contributed by atoms with Gasteiger partial charge in [-0.05, 0) is 24.8 Å². The second-order valence-electron chi connectivity index (χ2n) is 5.61. The van der Waals surface area contributed by atoms with Crippen LogP contribution in [0.25, 0.3) is 11.1 Å². The molecule has 2 aromatic heterocycles. The van der Waals surface area contributed by atoms with E-state index in [0.717, 1.165) is 17.1 Å². The van der Waals surface area contributed by atoms with E-state index in [1.807, 2.05) is 36.7 Å². The molecule has 1 N–H and O–H groups in total. The molecule has 8 heteroatoms. The van der Waals surface area contributed by atoms with Gasteiger partial charge in [0.05, 0.1) is 0 Å². The predicted molar refractivity (Wildman–Crippen MR) is 99.0 cm³/mol. The van der Waals surface area contributed by atoms with Crippen LogP contribution in [0.15, 0.2) is 40.2 Å². The topological polar surface area (TPSA) is 76.2 Å². The van der Waals surface area contributed by atoms with Gasteiger partial charge < -0.3 is 19.2 Å². The molecule has 0 aliphatic rings. The number of rotatable bonds is 6. The first-order valence-corrected chi connectivity index (χ1v) is 9.08. The second kappa shape index (κ2) is 7.60. The van der Waals surface area contributed by atoms with Crippen molar-refractivity contribution in [1.29, 1.82) is 0 Å². The van der Waals surface area contributed by atoms with Gasteiger partial charge in [0.1, 0.15) is 11.3 Å². The Morgan fingerprint density at radius 2 is 2.28 bits per heavy atom. The number of aryl methyl sites for hydroxylation is 1. The monoisotopic (exact) mass is 359 g/mol. The standard InChI is InChI=1S/C17H21N5O2S/c1-4-25-17-20-14-6-5-13(11-15(14)24-17)19-16(23)21(3)9-10-22-8-7-18-12(22)2/h5-8,11H,4,9-10H2,1-3H3,(H,19,23). The highest BCUT2D eigenvalue weighted by Gasteiger charge is 2.11. The SMILES string of the molecule is CCSc1nc2ccc(NC(=O)N(C)CCn3ccnc3C)cc2o1. The van der Waals surface area contributed by atoms with E-state index in [1.165, 1.54) is 0 Å². The maximum absolute atomic E-state index is 12.3. The summed E-state index contributed by atoms with van der Waals surface area (Å²) < 4.78 is 7.69. The number of carbonyl (C=O) groups is 1. The smallest absolute Gasteiger partial charge is 0.321 e. The Bertz CT molecular complexity index is 873. The van der Waals surface area contributed by atoms with Crippen LogP contribution in [0, 0.1) is 6.92 Å². The van der Waals surface area contributed by atoms with Crippen molar-refractivity contribution in [3.63, 3.8) is 0 Å². The first-order valence-electron chi connectivity index (χ1n) is 8.10. The van der Waals surface area contributed by atoms with E-state index in [-0.39, 0.29) is 6.03 Å². The molecule has 0 saturated heterocycles. The molecule has 0 unspecified atom stereocenters. The number of oxazole rings is 1. The lowest BCUT2D eigenvalue weighted by atomic mass is 10.3. The highest BCUT2D eigenvalue weighted by atomic mass is 32.2. The molecule has 0 bridgehead atoms. The van der Waals surface area contributed by atoms with Gasteiger partial charge in [0, 0.05) is 44.3 Å². The average molecular weight is 359 g/mol. The van der Waals surface area contributed by atoms with Crippen molar-refractivity contribution in [2.24, 2.45) is 0 Å². The van der Waals surface area contributed by atoms with Gasteiger partial charge in [0.25, 0.3) is 5.22 Å². The van der Waals surface area contributed by atoms with Gasteiger partial charge in [0.15, 0.2) is 5.58 Å². The molecule has 1 aromatic carbocycles. The van der Waals surface area contributed by atoms with Crippen molar-refractivity contribution >= 4 is 34.6 Å². The molecule has 3 rings (SSSR count). The Labute approximate surface area is 150 Å². The number of hydrogen-bond donors (Lipinski definition) is 1. The number of benzene rings is 1. The normalized spacial score (nSPS) is 11.0. The first kappa shape index (κ1) is 17.3. The van der Waals surface area contributed by atoms with E-state index in [1.54, 1.807) is 36.0 Å². The number of fused-ring (bicyclic) bond motifs is 1. The molecular weight excluding hydrogens is 338 g/mol. The number of imidazole rings is 1. The van der Waals surface area contributed by atoms with E-state index < -0.39 is 0 Å². The maximum Gasteiger partial charge on any atom is 0.321 e. The number of urea groups is 1. The summed E-state index contributed by atoms with van der Waals surface area (Å²) in [6.07, 6.45) is 3.66. The molecule has 0 radical (unpaired) electrons. The van der Waals surface area contributed by atoms with Crippen molar-refractivity contribution in [2.75, 3.05) is 24.7 Å². The Kier molecular flexibility index (Phi) is 5.28. The number of hydrogen-bond acceptors (Lipinski definition) is 5. The highest BCUT2D eigenvalue weighted by molar-refractivity contribution is 7.99. The molecule has 0 fully saturated rings. The van der Waals surface area contributed by atoms with Crippen LogP contribution in [0.3, 0.4) is 0 Å². The van der Waals surface area contributed by atoms with Crippen molar-refractivity contribution in [3.8, 4) is 0 Å². The Morgan fingerprint density at radius 1 is 1.44 bits per heavy atom. The largest absolute Gasteiger partial charge is 0.431 e. The summed E-state index contributed by atoms with van der Waals surface area (Å²) in [6.45, 7) is 5.28. The Hall–Kier alpha value is -2.48. The van der Waals surface area contributed by atoms with Crippen molar-refractivity contribution in [2.45, 2.75) is 25.6 Å². The van der Waals surface area contributed by atoms with Crippen LogP contribution in [0.4, 0.5) is 10.5 Å². The molecule has 25 heavy (non-hydrogen) atoms. The lowest BCUT2D eigenvalue weighted by Gasteiger charge is -2.18. The van der Waals surface area contributed by atoms with Crippen LogP contribution < -0.4 is 5.32 Å². The number of nitrogens with zero attached hydrogens (tertiary/aromatic N) is 4. The fourth-order valence-corrected chi connectivity index (χ4v) is 2.94. The zero-order valence-electron chi connectivity index (χ0n) is 14.5. The number of likely N-dealkylation sites (N-methyl/N-ethyl adjacent to an activating group) is 1. The van der Waals surface area contributed by atoms with Crippen LogP contribution in [0.2, 0.25) is 0 Å². The summed E-state index contributed by atoms with van der Waals surface area (Å²) in [5, 5.41) is 3.53. The predicted octanol–water partition coefficient (Wildman–Crippen LogP) is 3.61. The Morgan fingerprint density at radius 3 is 3.00 bits per heavy atom.